The molecule has 1 heterocycles. The van der Waals surface area contributed by atoms with Gasteiger partial charge in [0, 0.05) is 12.5 Å². The maximum absolute atomic E-state index is 12.1. The normalized spacial score (nSPS) is 15.6. The minimum absolute atomic E-state index is 0.130. The van der Waals surface area contributed by atoms with Gasteiger partial charge in [-0.25, -0.2) is 0 Å². The number of benzene rings is 2. The number of amides is 1. The van der Waals surface area contributed by atoms with Gasteiger partial charge in [0.2, 0.25) is 5.75 Å². The molecule has 0 saturated carbocycles. The summed E-state index contributed by atoms with van der Waals surface area (Å²) in [5.74, 6) is -0.415. The lowest BCUT2D eigenvalue weighted by Gasteiger charge is -2.12. The summed E-state index contributed by atoms with van der Waals surface area (Å²) in [5.41, 5.74) is 0.446. The highest BCUT2D eigenvalue weighted by atomic mass is 16.6. The molecular formula is C16H14N2O5. The Morgan fingerprint density at radius 1 is 1.30 bits per heavy atom. The number of phenolic OH excluding ortho intramolecular Hbond substituents is 1. The molecule has 1 amide bonds. The molecule has 2 aromatic rings. The van der Waals surface area contributed by atoms with Crippen LogP contribution in [0.3, 0.4) is 0 Å². The fourth-order valence-electron chi connectivity index (χ4n) is 2.53. The minimum Gasteiger partial charge on any atom is -0.502 e. The van der Waals surface area contributed by atoms with Crippen molar-refractivity contribution in [2.24, 2.45) is 0 Å². The van der Waals surface area contributed by atoms with Crippen LogP contribution in [0, 0.1) is 10.1 Å². The van der Waals surface area contributed by atoms with Crippen molar-refractivity contribution >= 4 is 11.6 Å². The van der Waals surface area contributed by atoms with E-state index >= 15 is 0 Å². The summed E-state index contributed by atoms with van der Waals surface area (Å²) in [7, 11) is 0. The molecule has 23 heavy (non-hydrogen) atoms. The highest BCUT2D eigenvalue weighted by Crippen LogP contribution is 2.30. The van der Waals surface area contributed by atoms with Gasteiger partial charge in [-0.3, -0.25) is 14.9 Å². The van der Waals surface area contributed by atoms with Gasteiger partial charge in [0.25, 0.3) is 5.91 Å². The fourth-order valence-corrected chi connectivity index (χ4v) is 2.53. The number of ether oxygens (including phenoxy) is 1. The first-order chi connectivity index (χ1) is 11.1. The molecule has 2 aromatic carbocycles. The molecule has 1 unspecified atom stereocenters. The number of nitrogens with zero attached hydrogens (tertiary/aromatic N) is 1. The summed E-state index contributed by atoms with van der Waals surface area (Å²) in [5, 5.41) is 23.2. The fraction of sp³-hybridized carbons (Fsp3) is 0.188. The van der Waals surface area contributed by atoms with Crippen LogP contribution in [-0.2, 0) is 6.42 Å². The number of hydrogen-bond donors (Lipinski definition) is 2. The first-order valence-electron chi connectivity index (χ1n) is 7.05. The number of rotatable bonds is 4. The second kappa shape index (κ2) is 5.96. The van der Waals surface area contributed by atoms with Gasteiger partial charge in [-0.2, -0.15) is 0 Å². The van der Waals surface area contributed by atoms with Crippen molar-refractivity contribution < 1.29 is 19.6 Å². The van der Waals surface area contributed by atoms with Crippen LogP contribution < -0.4 is 10.1 Å². The molecule has 1 atom stereocenters. The average molecular weight is 314 g/mol. The van der Waals surface area contributed by atoms with E-state index in [4.69, 9.17) is 4.74 Å². The van der Waals surface area contributed by atoms with E-state index in [0.717, 1.165) is 17.4 Å². The molecule has 1 aliphatic heterocycles. The van der Waals surface area contributed by atoms with Crippen LogP contribution in [0.25, 0.3) is 0 Å². The predicted octanol–water partition coefficient (Wildman–Crippen LogP) is 2.03. The van der Waals surface area contributed by atoms with E-state index in [1.54, 1.807) is 0 Å². The molecule has 2 N–H and O–H groups in total. The summed E-state index contributed by atoms with van der Waals surface area (Å²) in [6.45, 7) is 0.246. The van der Waals surface area contributed by atoms with Crippen LogP contribution in [0.15, 0.2) is 42.5 Å². The summed E-state index contributed by atoms with van der Waals surface area (Å²) in [4.78, 5) is 22.2. The van der Waals surface area contributed by atoms with Gasteiger partial charge in [0.1, 0.15) is 11.9 Å². The zero-order valence-corrected chi connectivity index (χ0v) is 12.1. The lowest BCUT2D eigenvalue weighted by Crippen LogP contribution is -2.34. The molecule has 0 aliphatic carbocycles. The van der Waals surface area contributed by atoms with E-state index in [0.29, 0.717) is 6.42 Å². The Bertz CT molecular complexity index is 750. The van der Waals surface area contributed by atoms with E-state index in [1.165, 1.54) is 12.1 Å². The molecule has 0 aromatic heterocycles. The molecule has 7 nitrogen and oxygen atoms in total. The molecule has 1 aliphatic rings. The standard InChI is InChI=1S/C16H14N2O5/c19-15-12(5-3-6-13(15)18(21)22)16(20)17-9-11-8-10-4-1-2-7-14(10)23-11/h1-7,11,19H,8-9H2,(H,17,20). The highest BCUT2D eigenvalue weighted by Gasteiger charge is 2.25. The molecule has 0 radical (unpaired) electrons. The van der Waals surface area contributed by atoms with Gasteiger partial charge in [-0.1, -0.05) is 24.3 Å². The molecule has 0 fully saturated rings. The number of carbonyl (C=O) groups excluding carboxylic acids is 1. The Morgan fingerprint density at radius 3 is 2.83 bits per heavy atom. The van der Waals surface area contributed by atoms with Crippen molar-refractivity contribution in [3.05, 3.63) is 63.7 Å². The number of nitrogens with one attached hydrogen (secondary N) is 1. The number of para-hydroxylation sites is 2. The smallest absolute Gasteiger partial charge is 0.311 e. The van der Waals surface area contributed by atoms with Crippen molar-refractivity contribution in [3.63, 3.8) is 0 Å². The third-order valence-corrected chi connectivity index (χ3v) is 3.66. The quantitative estimate of drug-likeness (QED) is 0.664. The number of hydrogen-bond acceptors (Lipinski definition) is 5. The number of phenols is 1. The van der Waals surface area contributed by atoms with E-state index in [9.17, 15) is 20.0 Å². The van der Waals surface area contributed by atoms with Crippen LogP contribution in [0.5, 0.6) is 11.5 Å². The topological polar surface area (TPSA) is 102 Å². The molecule has 3 rings (SSSR count). The zero-order chi connectivity index (χ0) is 16.4. The van der Waals surface area contributed by atoms with Gasteiger partial charge in [-0.05, 0) is 17.7 Å². The van der Waals surface area contributed by atoms with Crippen LogP contribution in [-0.4, -0.2) is 28.6 Å². The molecule has 7 heteroatoms. The summed E-state index contributed by atoms with van der Waals surface area (Å²) < 4.78 is 5.70. The van der Waals surface area contributed by atoms with Crippen molar-refractivity contribution in [1.29, 1.82) is 0 Å². The molecule has 0 saturated heterocycles. The van der Waals surface area contributed by atoms with Crippen molar-refractivity contribution in [1.82, 2.24) is 5.32 Å². The SMILES string of the molecule is O=C(NCC1Cc2ccccc2O1)c1cccc([N+](=O)[O-])c1O. The van der Waals surface area contributed by atoms with Crippen molar-refractivity contribution in [2.75, 3.05) is 6.54 Å². The van der Waals surface area contributed by atoms with Crippen LogP contribution in [0.2, 0.25) is 0 Å². The minimum atomic E-state index is -0.733. The Hall–Kier alpha value is -3.09. The largest absolute Gasteiger partial charge is 0.502 e. The molecular weight excluding hydrogens is 300 g/mol. The van der Waals surface area contributed by atoms with Gasteiger partial charge >= 0.3 is 5.69 Å². The van der Waals surface area contributed by atoms with E-state index in [-0.39, 0.29) is 18.2 Å². The van der Waals surface area contributed by atoms with Crippen LogP contribution in [0.4, 0.5) is 5.69 Å². The van der Waals surface area contributed by atoms with E-state index < -0.39 is 22.3 Å². The summed E-state index contributed by atoms with van der Waals surface area (Å²) in [6, 6.07) is 11.5. The molecule has 118 valence electrons. The summed E-state index contributed by atoms with van der Waals surface area (Å²) in [6.07, 6.45) is 0.481. The maximum Gasteiger partial charge on any atom is 0.311 e. The number of nitro benzene ring substituents is 1. The third-order valence-electron chi connectivity index (χ3n) is 3.66. The van der Waals surface area contributed by atoms with Gasteiger partial charge in [0.05, 0.1) is 17.0 Å². The number of nitro groups is 1. The Kier molecular flexibility index (Phi) is 3.84. The Labute approximate surface area is 131 Å². The molecule has 0 spiro atoms. The number of fused-ring (bicyclic) bond motifs is 1. The van der Waals surface area contributed by atoms with E-state index in [2.05, 4.69) is 5.32 Å². The lowest BCUT2D eigenvalue weighted by atomic mass is 10.1. The van der Waals surface area contributed by atoms with Gasteiger partial charge in [0.15, 0.2) is 0 Å². The third kappa shape index (κ3) is 2.94. The average Bonchev–Trinajstić information content (AvgIpc) is 2.95. The number of carbonyl (C=O) groups is 1. The van der Waals surface area contributed by atoms with Crippen molar-refractivity contribution in [2.45, 2.75) is 12.5 Å². The Morgan fingerprint density at radius 2 is 2.09 bits per heavy atom. The summed E-state index contributed by atoms with van der Waals surface area (Å²) >= 11 is 0. The van der Waals surface area contributed by atoms with Crippen LogP contribution >= 0.6 is 0 Å². The maximum atomic E-state index is 12.1. The van der Waals surface area contributed by atoms with Crippen LogP contribution in [0.1, 0.15) is 15.9 Å². The first-order valence-corrected chi connectivity index (χ1v) is 7.05. The lowest BCUT2D eigenvalue weighted by molar-refractivity contribution is -0.385. The first kappa shape index (κ1) is 14.8. The zero-order valence-electron chi connectivity index (χ0n) is 12.1. The van der Waals surface area contributed by atoms with Crippen molar-refractivity contribution in [3.8, 4) is 11.5 Å². The molecule has 0 bridgehead atoms. The second-order valence-corrected chi connectivity index (χ2v) is 5.19. The second-order valence-electron chi connectivity index (χ2n) is 5.19. The predicted molar refractivity (Wildman–Crippen MR) is 81.7 cm³/mol. The highest BCUT2D eigenvalue weighted by molar-refractivity contribution is 5.98. The Balaban J connectivity index is 1.65. The monoisotopic (exact) mass is 314 g/mol. The van der Waals surface area contributed by atoms with Gasteiger partial charge < -0.3 is 15.2 Å². The van der Waals surface area contributed by atoms with E-state index in [1.807, 2.05) is 24.3 Å². The number of aromatic hydroxyl groups is 1. The van der Waals surface area contributed by atoms with Gasteiger partial charge in [-0.15, -0.1) is 0 Å².